The fourth-order valence-corrected chi connectivity index (χ4v) is 2.23. The Morgan fingerprint density at radius 2 is 2.18 bits per heavy atom. The molecule has 5 heteroatoms. The Morgan fingerprint density at radius 1 is 1.29 bits per heavy atom. The normalized spacial score (nSPS) is 10.2. The molecule has 0 aromatic carbocycles. The van der Waals surface area contributed by atoms with E-state index >= 15 is 0 Å². The SMILES string of the molecule is CCNc1cc(NCc2cnc(C)s2)ccn1. The molecule has 2 N–H and O–H groups in total. The van der Waals surface area contributed by atoms with Crippen LogP contribution in [0.4, 0.5) is 11.5 Å². The molecule has 2 heterocycles. The third kappa shape index (κ3) is 3.42. The summed E-state index contributed by atoms with van der Waals surface area (Å²) in [4.78, 5) is 9.70. The molecule has 0 bridgehead atoms. The minimum absolute atomic E-state index is 0.807. The Hall–Kier alpha value is -1.62. The van der Waals surface area contributed by atoms with Crippen molar-refractivity contribution in [3.63, 3.8) is 0 Å². The third-order valence-electron chi connectivity index (χ3n) is 2.25. The molecule has 0 atom stereocenters. The molecule has 0 unspecified atom stereocenters. The Kier molecular flexibility index (Phi) is 3.93. The van der Waals surface area contributed by atoms with E-state index in [1.54, 1.807) is 17.5 Å². The van der Waals surface area contributed by atoms with Crippen molar-refractivity contribution in [3.8, 4) is 0 Å². The summed E-state index contributed by atoms with van der Waals surface area (Å²) in [7, 11) is 0. The lowest BCUT2D eigenvalue weighted by molar-refractivity contribution is 1.14. The topological polar surface area (TPSA) is 49.8 Å². The van der Waals surface area contributed by atoms with Gasteiger partial charge in [-0.3, -0.25) is 0 Å². The van der Waals surface area contributed by atoms with Gasteiger partial charge >= 0.3 is 0 Å². The van der Waals surface area contributed by atoms with Crippen molar-refractivity contribution in [1.82, 2.24) is 9.97 Å². The van der Waals surface area contributed by atoms with E-state index in [1.807, 2.05) is 25.3 Å². The predicted molar refractivity (Wildman–Crippen MR) is 72.6 cm³/mol. The Balaban J connectivity index is 1.96. The van der Waals surface area contributed by atoms with Crippen LogP contribution in [0.15, 0.2) is 24.5 Å². The van der Waals surface area contributed by atoms with Crippen LogP contribution in [0, 0.1) is 6.92 Å². The Bertz CT molecular complexity index is 481. The minimum Gasteiger partial charge on any atom is -0.380 e. The first-order valence-electron chi connectivity index (χ1n) is 5.63. The fourth-order valence-electron chi connectivity index (χ4n) is 1.49. The van der Waals surface area contributed by atoms with Crippen LogP contribution in [0.1, 0.15) is 16.8 Å². The number of hydrogen-bond acceptors (Lipinski definition) is 5. The summed E-state index contributed by atoms with van der Waals surface area (Å²) in [5.41, 5.74) is 1.07. The molecule has 0 spiro atoms. The summed E-state index contributed by atoms with van der Waals surface area (Å²) in [6, 6.07) is 3.98. The minimum atomic E-state index is 0.807. The van der Waals surface area contributed by atoms with E-state index in [0.29, 0.717) is 0 Å². The van der Waals surface area contributed by atoms with Crippen LogP contribution < -0.4 is 10.6 Å². The summed E-state index contributed by atoms with van der Waals surface area (Å²) in [6.07, 6.45) is 3.72. The maximum Gasteiger partial charge on any atom is 0.127 e. The number of aryl methyl sites for hydroxylation is 1. The highest BCUT2D eigenvalue weighted by Gasteiger charge is 1.99. The van der Waals surface area contributed by atoms with Gasteiger partial charge in [-0.05, 0) is 19.9 Å². The second-order valence-electron chi connectivity index (χ2n) is 3.66. The number of nitrogens with one attached hydrogen (secondary N) is 2. The van der Waals surface area contributed by atoms with Gasteiger partial charge in [-0.15, -0.1) is 11.3 Å². The first-order valence-corrected chi connectivity index (χ1v) is 6.44. The summed E-state index contributed by atoms with van der Waals surface area (Å²) >= 11 is 1.72. The maximum absolute atomic E-state index is 4.23. The van der Waals surface area contributed by atoms with Crippen molar-refractivity contribution in [2.24, 2.45) is 0 Å². The number of aromatic nitrogens is 2. The van der Waals surface area contributed by atoms with E-state index in [4.69, 9.17) is 0 Å². The zero-order valence-electron chi connectivity index (χ0n) is 10.0. The van der Waals surface area contributed by atoms with Crippen molar-refractivity contribution in [2.75, 3.05) is 17.2 Å². The predicted octanol–water partition coefficient (Wildman–Crippen LogP) is 2.89. The van der Waals surface area contributed by atoms with Gasteiger partial charge in [0.15, 0.2) is 0 Å². The summed E-state index contributed by atoms with van der Waals surface area (Å²) < 4.78 is 0. The highest BCUT2D eigenvalue weighted by molar-refractivity contribution is 7.11. The largest absolute Gasteiger partial charge is 0.380 e. The molecular weight excluding hydrogens is 232 g/mol. The van der Waals surface area contributed by atoms with E-state index in [-0.39, 0.29) is 0 Å². The summed E-state index contributed by atoms with van der Waals surface area (Å²) in [5, 5.41) is 7.65. The zero-order valence-corrected chi connectivity index (χ0v) is 10.8. The van der Waals surface area contributed by atoms with Crippen LogP contribution in [0.2, 0.25) is 0 Å². The van der Waals surface area contributed by atoms with Crippen LogP contribution in [-0.2, 0) is 6.54 Å². The zero-order chi connectivity index (χ0) is 12.1. The van der Waals surface area contributed by atoms with Gasteiger partial charge in [-0.2, -0.15) is 0 Å². The number of thiazole rings is 1. The van der Waals surface area contributed by atoms with Gasteiger partial charge in [0.1, 0.15) is 5.82 Å². The molecule has 0 fully saturated rings. The Labute approximate surface area is 105 Å². The van der Waals surface area contributed by atoms with Crippen molar-refractivity contribution < 1.29 is 0 Å². The maximum atomic E-state index is 4.23. The standard InChI is InChI=1S/C12H16N4S/c1-3-13-12-6-10(4-5-14-12)16-8-11-7-15-9(2)17-11/h4-7H,3,8H2,1-2H3,(H2,13,14,16). The van der Waals surface area contributed by atoms with Crippen LogP contribution in [0.5, 0.6) is 0 Å². The van der Waals surface area contributed by atoms with Gasteiger partial charge in [0.25, 0.3) is 0 Å². The lowest BCUT2D eigenvalue weighted by Gasteiger charge is -2.07. The van der Waals surface area contributed by atoms with Gasteiger partial charge in [0.2, 0.25) is 0 Å². The molecule has 0 saturated heterocycles. The van der Waals surface area contributed by atoms with Gasteiger partial charge in [-0.25, -0.2) is 9.97 Å². The molecular formula is C12H16N4S. The molecule has 2 aromatic rings. The second-order valence-corrected chi connectivity index (χ2v) is 4.98. The average molecular weight is 248 g/mol. The number of hydrogen-bond donors (Lipinski definition) is 2. The monoisotopic (exact) mass is 248 g/mol. The quantitative estimate of drug-likeness (QED) is 0.854. The number of nitrogens with zero attached hydrogens (tertiary/aromatic N) is 2. The van der Waals surface area contributed by atoms with Crippen molar-refractivity contribution >= 4 is 22.8 Å². The summed E-state index contributed by atoms with van der Waals surface area (Å²) in [5.74, 6) is 0.901. The number of pyridine rings is 1. The molecule has 2 rings (SSSR count). The van der Waals surface area contributed by atoms with Crippen LogP contribution in [0.3, 0.4) is 0 Å². The highest BCUT2D eigenvalue weighted by Crippen LogP contribution is 2.16. The number of rotatable bonds is 5. The van der Waals surface area contributed by atoms with E-state index in [0.717, 1.165) is 29.6 Å². The van der Waals surface area contributed by atoms with Gasteiger partial charge in [0.05, 0.1) is 11.6 Å². The van der Waals surface area contributed by atoms with E-state index in [2.05, 4.69) is 27.5 Å². The lowest BCUT2D eigenvalue weighted by Crippen LogP contribution is -2.01. The first kappa shape index (κ1) is 11.9. The van der Waals surface area contributed by atoms with Crippen LogP contribution in [-0.4, -0.2) is 16.5 Å². The van der Waals surface area contributed by atoms with Crippen LogP contribution in [0.25, 0.3) is 0 Å². The molecule has 2 aromatic heterocycles. The van der Waals surface area contributed by atoms with Gasteiger partial charge < -0.3 is 10.6 Å². The molecule has 4 nitrogen and oxygen atoms in total. The van der Waals surface area contributed by atoms with E-state index < -0.39 is 0 Å². The van der Waals surface area contributed by atoms with Crippen LogP contribution >= 0.6 is 11.3 Å². The highest BCUT2D eigenvalue weighted by atomic mass is 32.1. The summed E-state index contributed by atoms with van der Waals surface area (Å²) in [6.45, 7) is 5.76. The van der Waals surface area contributed by atoms with Crippen molar-refractivity contribution in [3.05, 3.63) is 34.4 Å². The lowest BCUT2D eigenvalue weighted by atomic mass is 10.3. The van der Waals surface area contributed by atoms with Crippen molar-refractivity contribution in [1.29, 1.82) is 0 Å². The van der Waals surface area contributed by atoms with E-state index in [1.165, 1.54) is 4.88 Å². The smallest absolute Gasteiger partial charge is 0.127 e. The van der Waals surface area contributed by atoms with Gasteiger partial charge in [-0.1, -0.05) is 0 Å². The molecule has 90 valence electrons. The molecule has 0 aliphatic rings. The Morgan fingerprint density at radius 3 is 2.88 bits per heavy atom. The third-order valence-corrected chi connectivity index (χ3v) is 3.17. The molecule has 17 heavy (non-hydrogen) atoms. The first-order chi connectivity index (χ1) is 8.28. The average Bonchev–Trinajstić information content (AvgIpc) is 2.74. The van der Waals surface area contributed by atoms with Crippen molar-refractivity contribution in [2.45, 2.75) is 20.4 Å². The number of anilines is 2. The molecule has 0 radical (unpaired) electrons. The van der Waals surface area contributed by atoms with E-state index in [9.17, 15) is 0 Å². The molecule has 0 amide bonds. The molecule has 0 saturated carbocycles. The molecule has 0 aliphatic heterocycles. The second kappa shape index (κ2) is 5.63. The fraction of sp³-hybridized carbons (Fsp3) is 0.333. The molecule has 0 aliphatic carbocycles. The van der Waals surface area contributed by atoms with Gasteiger partial charge in [0, 0.05) is 35.6 Å².